The molecule has 0 unspecified atom stereocenters. The minimum absolute atomic E-state index is 0.174. The van der Waals surface area contributed by atoms with E-state index >= 15 is 0 Å². The van der Waals surface area contributed by atoms with Crippen LogP contribution in [0.15, 0.2) is 30.3 Å². The van der Waals surface area contributed by atoms with Crippen LogP contribution in [0.4, 0.5) is 5.69 Å². The van der Waals surface area contributed by atoms with Crippen LogP contribution in [-0.2, 0) is 6.42 Å². The summed E-state index contributed by atoms with van der Waals surface area (Å²) < 4.78 is 0. The number of aryl methyl sites for hydroxylation is 1. The first kappa shape index (κ1) is 15.1. The highest BCUT2D eigenvalue weighted by atomic mass is 16.3. The van der Waals surface area contributed by atoms with Crippen LogP contribution >= 0.6 is 0 Å². The molecule has 112 valence electrons. The molecule has 0 fully saturated rings. The molecule has 1 amide bonds. The van der Waals surface area contributed by atoms with Gasteiger partial charge in [0.1, 0.15) is 0 Å². The zero-order chi connectivity index (χ0) is 15.2. The predicted molar refractivity (Wildman–Crippen MR) is 80.7 cm³/mol. The summed E-state index contributed by atoms with van der Waals surface area (Å²) in [6.07, 6.45) is 1.66. The summed E-state index contributed by atoms with van der Waals surface area (Å²) in [6.45, 7) is 1.83. The number of benzene rings is 1. The number of nitrogens with zero attached hydrogens (tertiary/aromatic N) is 1. The molecule has 1 aromatic carbocycles. The third-order valence-corrected chi connectivity index (χ3v) is 3.29. The number of nitrogens with one attached hydrogen (secondary N) is 2. The van der Waals surface area contributed by atoms with E-state index in [1.54, 1.807) is 0 Å². The number of amides is 1. The number of rotatable bonds is 6. The fraction of sp³-hybridized carbons (Fsp3) is 0.333. The summed E-state index contributed by atoms with van der Waals surface area (Å²) in [5, 5.41) is 19.0. The summed E-state index contributed by atoms with van der Waals surface area (Å²) in [5.74, 6) is -0.394. The zero-order valence-electron chi connectivity index (χ0n) is 12.0. The van der Waals surface area contributed by atoms with Gasteiger partial charge in [-0.15, -0.1) is 0 Å². The number of hydrogen-bond acceptors (Lipinski definition) is 4. The smallest absolute Gasteiger partial charge is 0.274 e. The number of aromatic amines is 1. The molecule has 2 aromatic rings. The molecule has 0 spiro atoms. The van der Waals surface area contributed by atoms with Crippen molar-refractivity contribution in [1.82, 2.24) is 15.5 Å². The van der Waals surface area contributed by atoms with Crippen molar-refractivity contribution in [3.8, 4) is 0 Å². The molecule has 0 bridgehead atoms. The van der Waals surface area contributed by atoms with Crippen molar-refractivity contribution >= 4 is 11.6 Å². The molecule has 1 atom stereocenters. The van der Waals surface area contributed by atoms with E-state index in [1.165, 1.54) is 0 Å². The first-order valence-corrected chi connectivity index (χ1v) is 6.96. The van der Waals surface area contributed by atoms with E-state index in [0.717, 1.165) is 24.1 Å². The Morgan fingerprint density at radius 3 is 2.76 bits per heavy atom. The first-order chi connectivity index (χ1) is 10.2. The van der Waals surface area contributed by atoms with Crippen molar-refractivity contribution in [1.29, 1.82) is 0 Å². The molecule has 1 aromatic heterocycles. The van der Waals surface area contributed by atoms with Gasteiger partial charge in [0.25, 0.3) is 5.91 Å². The number of carbonyl (C=O) groups is 1. The largest absolute Gasteiger partial charge is 0.395 e. The Kier molecular flexibility index (Phi) is 4.94. The van der Waals surface area contributed by atoms with E-state index in [2.05, 4.69) is 15.5 Å². The molecule has 6 nitrogen and oxygen atoms in total. The Hall–Kier alpha value is -2.34. The summed E-state index contributed by atoms with van der Waals surface area (Å²) in [6, 6.07) is 8.79. The monoisotopic (exact) mass is 288 g/mol. The van der Waals surface area contributed by atoms with Crippen LogP contribution in [0.25, 0.3) is 0 Å². The highest BCUT2D eigenvalue weighted by Crippen LogP contribution is 2.18. The Morgan fingerprint density at radius 1 is 1.43 bits per heavy atom. The number of nitrogen functional groups attached to an aromatic ring is 1. The number of H-pyrrole nitrogens is 1. The lowest BCUT2D eigenvalue weighted by atomic mass is 10.1. The van der Waals surface area contributed by atoms with Crippen LogP contribution in [0.5, 0.6) is 0 Å². The molecule has 0 aliphatic rings. The summed E-state index contributed by atoms with van der Waals surface area (Å²) >= 11 is 0. The van der Waals surface area contributed by atoms with Gasteiger partial charge in [-0.25, -0.2) is 0 Å². The van der Waals surface area contributed by atoms with Crippen LogP contribution in [0.1, 0.15) is 41.1 Å². The Morgan fingerprint density at radius 2 is 2.14 bits per heavy atom. The summed E-state index contributed by atoms with van der Waals surface area (Å²) in [5.41, 5.74) is 8.07. The highest BCUT2D eigenvalue weighted by molar-refractivity contribution is 5.97. The van der Waals surface area contributed by atoms with Gasteiger partial charge in [-0.1, -0.05) is 43.7 Å². The maximum absolute atomic E-state index is 12.2. The van der Waals surface area contributed by atoms with Gasteiger partial charge in [-0.3, -0.25) is 9.89 Å². The molecule has 0 radical (unpaired) electrons. The highest BCUT2D eigenvalue weighted by Gasteiger charge is 2.20. The lowest BCUT2D eigenvalue weighted by molar-refractivity contribution is 0.0912. The second-order valence-corrected chi connectivity index (χ2v) is 4.83. The third kappa shape index (κ3) is 3.41. The third-order valence-electron chi connectivity index (χ3n) is 3.29. The number of hydrogen-bond donors (Lipinski definition) is 4. The fourth-order valence-corrected chi connectivity index (χ4v) is 2.15. The minimum atomic E-state index is -0.482. The Bertz CT molecular complexity index is 595. The molecule has 21 heavy (non-hydrogen) atoms. The van der Waals surface area contributed by atoms with Crippen LogP contribution in [0.2, 0.25) is 0 Å². The van der Waals surface area contributed by atoms with Crippen molar-refractivity contribution < 1.29 is 9.90 Å². The van der Waals surface area contributed by atoms with Gasteiger partial charge in [-0.2, -0.15) is 5.10 Å². The van der Waals surface area contributed by atoms with Gasteiger partial charge >= 0.3 is 0 Å². The maximum atomic E-state index is 12.2. The second kappa shape index (κ2) is 6.90. The van der Waals surface area contributed by atoms with Gasteiger partial charge in [0.15, 0.2) is 5.69 Å². The molecular weight excluding hydrogens is 268 g/mol. The van der Waals surface area contributed by atoms with Crippen LogP contribution in [0.3, 0.4) is 0 Å². The molecular formula is C15H20N4O2. The topological polar surface area (TPSA) is 104 Å². The van der Waals surface area contributed by atoms with Gasteiger partial charge in [0.05, 0.1) is 24.0 Å². The van der Waals surface area contributed by atoms with E-state index in [9.17, 15) is 9.90 Å². The number of nitrogens with two attached hydrogens (primary N) is 1. The van der Waals surface area contributed by atoms with E-state index in [-0.39, 0.29) is 12.3 Å². The van der Waals surface area contributed by atoms with E-state index in [0.29, 0.717) is 5.69 Å². The molecule has 2 rings (SSSR count). The van der Waals surface area contributed by atoms with Crippen molar-refractivity contribution in [2.24, 2.45) is 0 Å². The molecule has 5 N–H and O–H groups in total. The summed E-state index contributed by atoms with van der Waals surface area (Å²) in [4.78, 5) is 12.2. The molecule has 0 aliphatic heterocycles. The van der Waals surface area contributed by atoms with Crippen LogP contribution < -0.4 is 11.1 Å². The number of aliphatic hydroxyl groups is 1. The SMILES string of the molecule is CCCc1[nH]nc(C(=O)N[C@H](CO)c2ccccc2)c1N. The molecule has 0 saturated carbocycles. The number of anilines is 1. The van der Waals surface area contributed by atoms with Gasteiger partial charge < -0.3 is 16.2 Å². The molecule has 0 saturated heterocycles. The zero-order valence-corrected chi connectivity index (χ0v) is 12.0. The van der Waals surface area contributed by atoms with Crippen LogP contribution in [-0.4, -0.2) is 27.8 Å². The fourth-order valence-electron chi connectivity index (χ4n) is 2.15. The van der Waals surface area contributed by atoms with Gasteiger partial charge in [0, 0.05) is 0 Å². The van der Waals surface area contributed by atoms with Crippen molar-refractivity contribution in [3.63, 3.8) is 0 Å². The quantitative estimate of drug-likeness (QED) is 0.645. The number of carbonyl (C=O) groups excluding carboxylic acids is 1. The second-order valence-electron chi connectivity index (χ2n) is 4.83. The minimum Gasteiger partial charge on any atom is -0.395 e. The van der Waals surface area contributed by atoms with Crippen LogP contribution in [0, 0.1) is 0 Å². The molecule has 1 heterocycles. The first-order valence-electron chi connectivity index (χ1n) is 6.96. The number of aromatic nitrogens is 2. The predicted octanol–water partition coefficient (Wildman–Crippen LogP) is 1.41. The lowest BCUT2D eigenvalue weighted by Gasteiger charge is -2.16. The molecule has 6 heteroatoms. The summed E-state index contributed by atoms with van der Waals surface area (Å²) in [7, 11) is 0. The average Bonchev–Trinajstić information content (AvgIpc) is 2.87. The van der Waals surface area contributed by atoms with Crippen molar-refractivity contribution in [2.75, 3.05) is 12.3 Å². The van der Waals surface area contributed by atoms with E-state index in [1.807, 2.05) is 37.3 Å². The van der Waals surface area contributed by atoms with E-state index < -0.39 is 11.9 Å². The Balaban J connectivity index is 2.13. The molecule has 0 aliphatic carbocycles. The van der Waals surface area contributed by atoms with Crippen molar-refractivity contribution in [2.45, 2.75) is 25.8 Å². The maximum Gasteiger partial charge on any atom is 0.274 e. The normalized spacial score (nSPS) is 12.1. The lowest BCUT2D eigenvalue weighted by Crippen LogP contribution is -2.31. The van der Waals surface area contributed by atoms with Crippen molar-refractivity contribution in [3.05, 3.63) is 47.3 Å². The Labute approximate surface area is 123 Å². The standard InChI is InChI=1S/C15H20N4O2/c1-2-6-11-13(16)14(19-18-11)15(21)17-12(9-20)10-7-4-3-5-8-10/h3-5,7-8,12,20H,2,6,9,16H2,1H3,(H,17,21)(H,18,19)/t12-/m1/s1. The van der Waals surface area contributed by atoms with E-state index in [4.69, 9.17) is 5.73 Å². The number of aliphatic hydroxyl groups excluding tert-OH is 1. The van der Waals surface area contributed by atoms with Gasteiger partial charge in [-0.05, 0) is 12.0 Å². The average molecular weight is 288 g/mol. The van der Waals surface area contributed by atoms with Gasteiger partial charge in [0.2, 0.25) is 0 Å².